The number of aromatic amines is 1. The van der Waals surface area contributed by atoms with Gasteiger partial charge in [-0.1, -0.05) is 0 Å². The van der Waals surface area contributed by atoms with Crippen molar-refractivity contribution in [2.75, 3.05) is 32.2 Å². The van der Waals surface area contributed by atoms with E-state index in [9.17, 15) is 8.42 Å². The summed E-state index contributed by atoms with van der Waals surface area (Å²) in [6, 6.07) is 9.10. The van der Waals surface area contributed by atoms with Crippen LogP contribution in [0, 0.1) is 0 Å². The number of rotatable bonds is 6. The number of pyridine rings is 1. The normalized spacial score (nSPS) is 12.0. The minimum atomic E-state index is -3.35. The molecule has 0 atom stereocenters. The Labute approximate surface area is 147 Å². The molecule has 0 spiro atoms. The average Bonchev–Trinajstić information content (AvgIpc) is 2.95. The second-order valence-corrected chi connectivity index (χ2v) is 8.36. The highest BCUT2D eigenvalue weighted by molar-refractivity contribution is 7.90. The van der Waals surface area contributed by atoms with Gasteiger partial charge in [0, 0.05) is 41.8 Å². The van der Waals surface area contributed by atoms with Crippen molar-refractivity contribution >= 4 is 32.2 Å². The van der Waals surface area contributed by atoms with Crippen molar-refractivity contribution in [3.63, 3.8) is 0 Å². The van der Waals surface area contributed by atoms with Gasteiger partial charge in [0.2, 0.25) is 0 Å². The van der Waals surface area contributed by atoms with Gasteiger partial charge < -0.3 is 15.2 Å². The summed E-state index contributed by atoms with van der Waals surface area (Å²) in [7, 11) is 0.754. The minimum Gasteiger partial charge on any atom is -0.361 e. The molecule has 0 radical (unpaired) electrons. The van der Waals surface area contributed by atoms with Crippen LogP contribution in [-0.2, 0) is 16.3 Å². The van der Waals surface area contributed by atoms with Crippen molar-refractivity contribution in [2.24, 2.45) is 0 Å². The predicted octanol–water partition coefficient (Wildman–Crippen LogP) is 2.81. The van der Waals surface area contributed by atoms with E-state index in [0.29, 0.717) is 5.82 Å². The molecule has 2 heterocycles. The van der Waals surface area contributed by atoms with Crippen LogP contribution in [-0.4, -0.2) is 50.2 Å². The Kier molecular flexibility index (Phi) is 4.78. The molecule has 0 fully saturated rings. The van der Waals surface area contributed by atoms with Gasteiger partial charge in [-0.25, -0.2) is 13.4 Å². The Balaban J connectivity index is 1.94. The Hall–Kier alpha value is -2.38. The minimum absolute atomic E-state index is 0.192. The summed E-state index contributed by atoms with van der Waals surface area (Å²) < 4.78 is 23.9. The molecule has 0 aliphatic carbocycles. The molecule has 0 unspecified atom stereocenters. The van der Waals surface area contributed by atoms with Gasteiger partial charge >= 0.3 is 0 Å². The van der Waals surface area contributed by atoms with E-state index in [-0.39, 0.29) is 4.90 Å². The number of aromatic nitrogens is 2. The summed E-state index contributed by atoms with van der Waals surface area (Å²) >= 11 is 0. The first-order valence-corrected chi connectivity index (χ1v) is 9.90. The van der Waals surface area contributed by atoms with Crippen LogP contribution in [0.15, 0.2) is 47.6 Å². The lowest BCUT2D eigenvalue weighted by Crippen LogP contribution is -2.14. The summed E-state index contributed by atoms with van der Waals surface area (Å²) in [6.45, 7) is 0.961. The van der Waals surface area contributed by atoms with E-state index in [1.54, 1.807) is 18.3 Å². The van der Waals surface area contributed by atoms with E-state index >= 15 is 0 Å². The van der Waals surface area contributed by atoms with Crippen LogP contribution in [0.5, 0.6) is 0 Å². The number of hydrogen-bond donors (Lipinski definition) is 2. The number of anilines is 2. The zero-order chi connectivity index (χ0) is 18.0. The highest BCUT2D eigenvalue weighted by atomic mass is 32.2. The molecule has 6 nitrogen and oxygen atoms in total. The number of hydrogen-bond acceptors (Lipinski definition) is 5. The molecule has 2 aromatic heterocycles. The molecule has 0 bridgehead atoms. The molecule has 0 aliphatic heterocycles. The van der Waals surface area contributed by atoms with E-state index in [4.69, 9.17) is 0 Å². The van der Waals surface area contributed by atoms with Crippen LogP contribution < -0.4 is 5.32 Å². The van der Waals surface area contributed by atoms with Crippen LogP contribution in [0.2, 0.25) is 0 Å². The van der Waals surface area contributed by atoms with Gasteiger partial charge in [0.1, 0.15) is 10.7 Å². The van der Waals surface area contributed by atoms with Gasteiger partial charge in [0.05, 0.1) is 0 Å². The maximum atomic E-state index is 11.9. The van der Waals surface area contributed by atoms with E-state index in [2.05, 4.69) is 34.3 Å². The average molecular weight is 358 g/mol. The van der Waals surface area contributed by atoms with Crippen LogP contribution in [0.3, 0.4) is 0 Å². The summed E-state index contributed by atoms with van der Waals surface area (Å²) in [5.74, 6) is 0.342. The summed E-state index contributed by atoms with van der Waals surface area (Å²) in [4.78, 5) is 9.80. The molecule has 0 amide bonds. The number of likely N-dealkylation sites (N-methyl/N-ethyl adjacent to an activating group) is 1. The molecule has 0 saturated heterocycles. The van der Waals surface area contributed by atoms with Gasteiger partial charge in [-0.15, -0.1) is 0 Å². The smallest absolute Gasteiger partial charge is 0.179 e. The zero-order valence-corrected chi connectivity index (χ0v) is 15.4. The maximum absolute atomic E-state index is 11.9. The Bertz CT molecular complexity index is 993. The third-order valence-electron chi connectivity index (χ3n) is 4.03. The Morgan fingerprint density at radius 1 is 1.24 bits per heavy atom. The molecular weight excluding hydrogens is 336 g/mol. The van der Waals surface area contributed by atoms with Crippen LogP contribution in [0.1, 0.15) is 5.56 Å². The fraction of sp³-hybridized carbons (Fsp3) is 0.278. The highest BCUT2D eigenvalue weighted by Crippen LogP contribution is 2.27. The number of nitrogens with one attached hydrogen (secondary N) is 2. The fourth-order valence-corrected chi connectivity index (χ4v) is 3.51. The van der Waals surface area contributed by atoms with Crippen molar-refractivity contribution < 1.29 is 8.42 Å². The topological polar surface area (TPSA) is 78.1 Å². The lowest BCUT2D eigenvalue weighted by Gasteiger charge is -2.11. The van der Waals surface area contributed by atoms with Crippen molar-refractivity contribution in [3.05, 3.63) is 48.3 Å². The number of fused-ring (bicyclic) bond motifs is 1. The Morgan fingerprint density at radius 2 is 2.04 bits per heavy atom. The third-order valence-corrected chi connectivity index (χ3v) is 5.16. The molecule has 132 valence electrons. The SMILES string of the molecule is CN(C)CCc1c[nH]c2ccc(Nc3ncccc3S(C)(=O)=O)cc12. The molecule has 25 heavy (non-hydrogen) atoms. The van der Waals surface area contributed by atoms with Crippen molar-refractivity contribution in [1.29, 1.82) is 0 Å². The van der Waals surface area contributed by atoms with Crippen LogP contribution in [0.4, 0.5) is 11.5 Å². The van der Waals surface area contributed by atoms with E-state index in [0.717, 1.165) is 29.6 Å². The van der Waals surface area contributed by atoms with Gasteiger partial charge in [-0.3, -0.25) is 0 Å². The first kappa shape index (κ1) is 17.4. The third kappa shape index (κ3) is 4.00. The molecule has 0 aliphatic rings. The monoisotopic (exact) mass is 358 g/mol. The van der Waals surface area contributed by atoms with E-state index in [1.807, 2.05) is 24.4 Å². The highest BCUT2D eigenvalue weighted by Gasteiger charge is 2.14. The molecule has 3 rings (SSSR count). The number of H-pyrrole nitrogens is 1. The Morgan fingerprint density at radius 3 is 2.76 bits per heavy atom. The number of nitrogens with zero attached hydrogens (tertiary/aromatic N) is 2. The van der Waals surface area contributed by atoms with Crippen LogP contribution >= 0.6 is 0 Å². The van der Waals surface area contributed by atoms with Gasteiger partial charge in [0.15, 0.2) is 9.84 Å². The lowest BCUT2D eigenvalue weighted by molar-refractivity contribution is 0.414. The molecule has 3 aromatic rings. The first-order chi connectivity index (χ1) is 11.8. The molecular formula is C18H22N4O2S. The van der Waals surface area contributed by atoms with Crippen molar-refractivity contribution in [1.82, 2.24) is 14.9 Å². The first-order valence-electron chi connectivity index (χ1n) is 8.01. The second kappa shape index (κ2) is 6.85. The van der Waals surface area contributed by atoms with Gasteiger partial charge in [-0.2, -0.15) is 0 Å². The van der Waals surface area contributed by atoms with Gasteiger partial charge in [-0.05, 0) is 56.4 Å². The summed E-state index contributed by atoms with van der Waals surface area (Å²) in [6.07, 6.45) is 5.73. The largest absolute Gasteiger partial charge is 0.361 e. The molecule has 1 aromatic carbocycles. The van der Waals surface area contributed by atoms with E-state index in [1.165, 1.54) is 11.8 Å². The standard InChI is InChI=1S/C18H22N4O2S/c1-22(2)10-8-13-12-20-16-7-6-14(11-15(13)16)21-18-17(25(3,23)24)5-4-9-19-18/h4-7,9,11-12,20H,8,10H2,1-3H3,(H,19,21). The molecule has 0 saturated carbocycles. The van der Waals surface area contributed by atoms with E-state index < -0.39 is 9.84 Å². The van der Waals surface area contributed by atoms with Gasteiger partial charge in [0.25, 0.3) is 0 Å². The molecule has 7 heteroatoms. The van der Waals surface area contributed by atoms with Crippen LogP contribution in [0.25, 0.3) is 10.9 Å². The lowest BCUT2D eigenvalue weighted by atomic mass is 10.1. The molecule has 2 N–H and O–H groups in total. The zero-order valence-electron chi connectivity index (χ0n) is 14.6. The fourth-order valence-electron chi connectivity index (χ4n) is 2.73. The van der Waals surface area contributed by atoms with Crippen molar-refractivity contribution in [2.45, 2.75) is 11.3 Å². The number of sulfone groups is 1. The predicted molar refractivity (Wildman–Crippen MR) is 101 cm³/mol. The van der Waals surface area contributed by atoms with Crippen molar-refractivity contribution in [3.8, 4) is 0 Å². The quantitative estimate of drug-likeness (QED) is 0.708. The number of benzene rings is 1. The maximum Gasteiger partial charge on any atom is 0.179 e. The summed E-state index contributed by atoms with van der Waals surface area (Å²) in [5.41, 5.74) is 3.10. The summed E-state index contributed by atoms with van der Waals surface area (Å²) in [5, 5.41) is 4.27. The second-order valence-electron chi connectivity index (χ2n) is 6.37.